The lowest BCUT2D eigenvalue weighted by Gasteiger charge is -2.13. The van der Waals surface area contributed by atoms with Gasteiger partial charge in [-0.15, -0.1) is 6.58 Å². The Balaban J connectivity index is 2.51. The van der Waals surface area contributed by atoms with Crippen molar-refractivity contribution in [3.8, 4) is 0 Å². The minimum atomic E-state index is 0.294. The summed E-state index contributed by atoms with van der Waals surface area (Å²) in [5, 5.41) is 3.34. The Bertz CT molecular complexity index is 233. The third-order valence-electron chi connectivity index (χ3n) is 1.73. The maximum atomic E-state index is 5.34. The summed E-state index contributed by atoms with van der Waals surface area (Å²) in [7, 11) is 0. The molecule has 0 radical (unpaired) electrons. The SMILES string of the molecule is C=CCNC(CSC)c1ccco1. The molecule has 1 rings (SSSR count). The van der Waals surface area contributed by atoms with Crippen molar-refractivity contribution in [1.29, 1.82) is 0 Å². The van der Waals surface area contributed by atoms with Crippen molar-refractivity contribution in [3.05, 3.63) is 36.8 Å². The molecule has 0 aliphatic heterocycles. The lowest BCUT2D eigenvalue weighted by Crippen LogP contribution is -2.22. The summed E-state index contributed by atoms with van der Waals surface area (Å²) in [6.45, 7) is 4.49. The number of nitrogens with one attached hydrogen (secondary N) is 1. The number of hydrogen-bond acceptors (Lipinski definition) is 3. The van der Waals surface area contributed by atoms with E-state index in [4.69, 9.17) is 4.42 Å². The predicted molar refractivity (Wildman–Crippen MR) is 58.0 cm³/mol. The Morgan fingerprint density at radius 3 is 3.15 bits per heavy atom. The largest absolute Gasteiger partial charge is 0.468 e. The molecule has 0 aliphatic carbocycles. The summed E-state index contributed by atoms with van der Waals surface area (Å²) in [5.41, 5.74) is 0. The third-order valence-corrected chi connectivity index (χ3v) is 2.40. The van der Waals surface area contributed by atoms with Crippen molar-refractivity contribution < 1.29 is 4.42 Å². The van der Waals surface area contributed by atoms with E-state index in [1.54, 1.807) is 18.0 Å². The van der Waals surface area contributed by atoms with Gasteiger partial charge in [-0.2, -0.15) is 11.8 Å². The quantitative estimate of drug-likeness (QED) is 0.709. The van der Waals surface area contributed by atoms with Crippen molar-refractivity contribution in [3.63, 3.8) is 0 Å². The molecule has 72 valence electrons. The lowest BCUT2D eigenvalue weighted by atomic mass is 10.2. The molecule has 0 amide bonds. The smallest absolute Gasteiger partial charge is 0.121 e. The molecule has 13 heavy (non-hydrogen) atoms. The molecule has 1 atom stereocenters. The molecule has 0 fully saturated rings. The molecule has 0 saturated heterocycles. The molecule has 2 nitrogen and oxygen atoms in total. The van der Waals surface area contributed by atoms with E-state index in [2.05, 4.69) is 18.2 Å². The molecule has 1 aromatic heterocycles. The predicted octanol–water partition coefficient (Wildman–Crippen LogP) is 2.46. The molecule has 0 bridgehead atoms. The Morgan fingerprint density at radius 1 is 1.77 bits per heavy atom. The fourth-order valence-corrected chi connectivity index (χ4v) is 1.74. The topological polar surface area (TPSA) is 25.2 Å². The number of rotatable bonds is 6. The average Bonchev–Trinajstić information content (AvgIpc) is 2.65. The van der Waals surface area contributed by atoms with Gasteiger partial charge in [0.1, 0.15) is 5.76 Å². The van der Waals surface area contributed by atoms with E-state index in [0.717, 1.165) is 18.1 Å². The molecule has 1 heterocycles. The van der Waals surface area contributed by atoms with Gasteiger partial charge in [0.15, 0.2) is 0 Å². The van der Waals surface area contributed by atoms with Crippen molar-refractivity contribution in [2.45, 2.75) is 6.04 Å². The van der Waals surface area contributed by atoms with Crippen LogP contribution in [0.5, 0.6) is 0 Å². The number of thioether (sulfide) groups is 1. The molecule has 1 N–H and O–H groups in total. The van der Waals surface area contributed by atoms with Gasteiger partial charge < -0.3 is 9.73 Å². The number of furan rings is 1. The van der Waals surface area contributed by atoms with Gasteiger partial charge in [-0.3, -0.25) is 0 Å². The molecule has 3 heteroatoms. The second-order valence-corrected chi connectivity index (χ2v) is 3.63. The van der Waals surface area contributed by atoms with E-state index in [1.807, 2.05) is 18.2 Å². The van der Waals surface area contributed by atoms with Crippen LogP contribution in [0.1, 0.15) is 11.8 Å². The first-order chi connectivity index (χ1) is 6.38. The maximum Gasteiger partial charge on any atom is 0.121 e. The molecule has 1 aromatic rings. The zero-order chi connectivity index (χ0) is 9.52. The molecule has 0 saturated carbocycles. The lowest BCUT2D eigenvalue weighted by molar-refractivity contribution is 0.445. The van der Waals surface area contributed by atoms with E-state index in [0.29, 0.717) is 6.04 Å². The van der Waals surface area contributed by atoms with Crippen LogP contribution >= 0.6 is 11.8 Å². The van der Waals surface area contributed by atoms with Gasteiger partial charge in [0, 0.05) is 12.3 Å². The van der Waals surface area contributed by atoms with E-state index < -0.39 is 0 Å². The van der Waals surface area contributed by atoms with Crippen LogP contribution in [-0.2, 0) is 0 Å². The summed E-state index contributed by atoms with van der Waals surface area (Å²) in [6.07, 6.45) is 5.65. The molecular formula is C10H15NOS. The van der Waals surface area contributed by atoms with E-state index in [1.165, 1.54) is 0 Å². The summed E-state index contributed by atoms with van der Waals surface area (Å²) in [5.74, 6) is 2.01. The highest BCUT2D eigenvalue weighted by atomic mass is 32.2. The van der Waals surface area contributed by atoms with Gasteiger partial charge in [-0.25, -0.2) is 0 Å². The van der Waals surface area contributed by atoms with Crippen molar-refractivity contribution >= 4 is 11.8 Å². The van der Waals surface area contributed by atoms with Gasteiger partial charge in [0.25, 0.3) is 0 Å². The first-order valence-electron chi connectivity index (χ1n) is 4.25. The van der Waals surface area contributed by atoms with Gasteiger partial charge in [-0.05, 0) is 18.4 Å². The van der Waals surface area contributed by atoms with Crippen LogP contribution in [0.2, 0.25) is 0 Å². The van der Waals surface area contributed by atoms with Crippen LogP contribution < -0.4 is 5.32 Å². The average molecular weight is 197 g/mol. The van der Waals surface area contributed by atoms with Crippen molar-refractivity contribution in [2.24, 2.45) is 0 Å². The van der Waals surface area contributed by atoms with Gasteiger partial charge >= 0.3 is 0 Å². The van der Waals surface area contributed by atoms with E-state index in [9.17, 15) is 0 Å². The summed E-state index contributed by atoms with van der Waals surface area (Å²) >= 11 is 1.80. The highest BCUT2D eigenvalue weighted by molar-refractivity contribution is 7.98. The Morgan fingerprint density at radius 2 is 2.62 bits per heavy atom. The summed E-state index contributed by atoms with van der Waals surface area (Å²) < 4.78 is 5.34. The standard InChI is InChI=1S/C10H15NOS/c1-3-6-11-9(8-13-2)10-5-4-7-12-10/h3-5,7,9,11H,1,6,8H2,2H3. The van der Waals surface area contributed by atoms with Gasteiger partial charge in [-0.1, -0.05) is 6.08 Å². The highest BCUT2D eigenvalue weighted by Gasteiger charge is 2.11. The first kappa shape index (κ1) is 10.4. The summed E-state index contributed by atoms with van der Waals surface area (Å²) in [6, 6.07) is 4.21. The monoisotopic (exact) mass is 197 g/mol. The second kappa shape index (κ2) is 5.89. The van der Waals surface area contributed by atoms with Crippen LogP contribution in [0.25, 0.3) is 0 Å². The van der Waals surface area contributed by atoms with Crippen LogP contribution in [0.15, 0.2) is 35.5 Å². The molecule has 0 spiro atoms. The molecular weight excluding hydrogens is 182 g/mol. The zero-order valence-corrected chi connectivity index (χ0v) is 8.64. The minimum Gasteiger partial charge on any atom is -0.468 e. The highest BCUT2D eigenvalue weighted by Crippen LogP contribution is 2.17. The van der Waals surface area contributed by atoms with E-state index in [-0.39, 0.29) is 0 Å². The first-order valence-corrected chi connectivity index (χ1v) is 5.64. The van der Waals surface area contributed by atoms with Gasteiger partial charge in [0.05, 0.1) is 12.3 Å². The maximum absolute atomic E-state index is 5.34. The van der Waals surface area contributed by atoms with Crippen molar-refractivity contribution in [2.75, 3.05) is 18.6 Å². The third kappa shape index (κ3) is 3.28. The zero-order valence-electron chi connectivity index (χ0n) is 7.82. The fourth-order valence-electron chi connectivity index (χ4n) is 1.12. The molecule has 1 unspecified atom stereocenters. The van der Waals surface area contributed by atoms with Crippen LogP contribution in [-0.4, -0.2) is 18.6 Å². The van der Waals surface area contributed by atoms with Crippen LogP contribution in [0, 0.1) is 0 Å². The van der Waals surface area contributed by atoms with E-state index >= 15 is 0 Å². The minimum absolute atomic E-state index is 0.294. The van der Waals surface area contributed by atoms with Gasteiger partial charge in [0.2, 0.25) is 0 Å². The normalized spacial score (nSPS) is 12.7. The Hall–Kier alpha value is -0.670. The fraction of sp³-hybridized carbons (Fsp3) is 0.400. The Labute approximate surface area is 83.4 Å². The van der Waals surface area contributed by atoms with Crippen LogP contribution in [0.3, 0.4) is 0 Å². The molecule has 0 aromatic carbocycles. The summed E-state index contributed by atoms with van der Waals surface area (Å²) in [4.78, 5) is 0. The van der Waals surface area contributed by atoms with Crippen molar-refractivity contribution in [1.82, 2.24) is 5.32 Å². The van der Waals surface area contributed by atoms with Crippen LogP contribution in [0.4, 0.5) is 0 Å². The Kier molecular flexibility index (Phi) is 4.72. The molecule has 0 aliphatic rings. The second-order valence-electron chi connectivity index (χ2n) is 2.72. The number of hydrogen-bond donors (Lipinski definition) is 1.